The van der Waals surface area contributed by atoms with Crippen LogP contribution in [0.2, 0.25) is 5.02 Å². The number of halogens is 1. The summed E-state index contributed by atoms with van der Waals surface area (Å²) in [4.78, 5) is 25.3. The van der Waals surface area contributed by atoms with Crippen LogP contribution in [0.25, 0.3) is 6.08 Å². The number of ether oxygens (including phenoxy) is 2. The molecule has 0 bridgehead atoms. The molecule has 0 saturated carbocycles. The number of primary amides is 1. The van der Waals surface area contributed by atoms with Gasteiger partial charge in [0.1, 0.15) is 0 Å². The molecule has 1 saturated heterocycles. The Bertz CT molecular complexity index is 675. The van der Waals surface area contributed by atoms with Crippen LogP contribution in [0.3, 0.4) is 0 Å². The molecule has 0 aliphatic carbocycles. The zero-order valence-corrected chi connectivity index (χ0v) is 15.2. The van der Waals surface area contributed by atoms with Gasteiger partial charge in [-0.15, -0.1) is 0 Å². The van der Waals surface area contributed by atoms with Crippen LogP contribution in [0.4, 0.5) is 0 Å². The van der Waals surface area contributed by atoms with E-state index in [1.54, 1.807) is 23.1 Å². The summed E-state index contributed by atoms with van der Waals surface area (Å²) < 4.78 is 10.8. The first-order chi connectivity index (χ1) is 12.0. The van der Waals surface area contributed by atoms with E-state index in [0.717, 1.165) is 18.4 Å². The van der Waals surface area contributed by atoms with Crippen molar-refractivity contribution in [2.45, 2.75) is 19.8 Å². The number of rotatable bonds is 6. The summed E-state index contributed by atoms with van der Waals surface area (Å²) in [5.41, 5.74) is 6.08. The molecular formula is C18H23ClN2O4. The van der Waals surface area contributed by atoms with Crippen LogP contribution in [0, 0.1) is 5.92 Å². The van der Waals surface area contributed by atoms with Gasteiger partial charge >= 0.3 is 0 Å². The van der Waals surface area contributed by atoms with Crippen molar-refractivity contribution in [3.63, 3.8) is 0 Å². The minimum absolute atomic E-state index is 0.157. The molecule has 6 nitrogen and oxygen atoms in total. The van der Waals surface area contributed by atoms with Crippen molar-refractivity contribution in [1.29, 1.82) is 0 Å². The smallest absolute Gasteiger partial charge is 0.246 e. The van der Waals surface area contributed by atoms with Gasteiger partial charge < -0.3 is 20.1 Å². The van der Waals surface area contributed by atoms with Crippen molar-refractivity contribution in [2.24, 2.45) is 11.7 Å². The van der Waals surface area contributed by atoms with E-state index in [-0.39, 0.29) is 17.7 Å². The van der Waals surface area contributed by atoms with E-state index in [2.05, 4.69) is 0 Å². The van der Waals surface area contributed by atoms with Crippen LogP contribution in [0.15, 0.2) is 18.2 Å². The molecule has 2 amide bonds. The average molecular weight is 367 g/mol. The number of carbonyl (C=O) groups excluding carboxylic acids is 2. The Morgan fingerprint density at radius 2 is 2.20 bits per heavy atom. The van der Waals surface area contributed by atoms with Crippen molar-refractivity contribution in [1.82, 2.24) is 4.90 Å². The fourth-order valence-electron chi connectivity index (χ4n) is 2.83. The zero-order valence-electron chi connectivity index (χ0n) is 14.5. The molecule has 1 aliphatic heterocycles. The molecule has 25 heavy (non-hydrogen) atoms. The van der Waals surface area contributed by atoms with Crippen LogP contribution < -0.4 is 15.2 Å². The number of piperidine rings is 1. The van der Waals surface area contributed by atoms with Gasteiger partial charge in [-0.25, -0.2) is 0 Å². The largest absolute Gasteiger partial charge is 0.491 e. The molecular weight excluding hydrogens is 344 g/mol. The second kappa shape index (κ2) is 8.76. The Morgan fingerprint density at radius 1 is 1.44 bits per heavy atom. The van der Waals surface area contributed by atoms with Gasteiger partial charge in [0.25, 0.3) is 0 Å². The lowest BCUT2D eigenvalue weighted by molar-refractivity contribution is -0.130. The van der Waals surface area contributed by atoms with Gasteiger partial charge in [-0.2, -0.15) is 0 Å². The van der Waals surface area contributed by atoms with Gasteiger partial charge in [-0.3, -0.25) is 9.59 Å². The maximum absolute atomic E-state index is 12.4. The number of hydrogen-bond acceptors (Lipinski definition) is 4. The van der Waals surface area contributed by atoms with E-state index in [0.29, 0.717) is 36.2 Å². The summed E-state index contributed by atoms with van der Waals surface area (Å²) in [5, 5.41) is 0.410. The zero-order chi connectivity index (χ0) is 18.4. The molecule has 1 aliphatic rings. The third-order valence-electron chi connectivity index (χ3n) is 4.09. The lowest BCUT2D eigenvalue weighted by atomic mass is 9.97. The van der Waals surface area contributed by atoms with Crippen molar-refractivity contribution in [3.8, 4) is 11.5 Å². The SMILES string of the molecule is CCOc1cc(C=CC(=O)N2CCCC(C(N)=O)C2)cc(Cl)c1OC. The lowest BCUT2D eigenvalue weighted by Crippen LogP contribution is -2.43. The summed E-state index contributed by atoms with van der Waals surface area (Å²) >= 11 is 6.20. The summed E-state index contributed by atoms with van der Waals surface area (Å²) in [6.45, 7) is 3.33. The molecule has 2 N–H and O–H groups in total. The highest BCUT2D eigenvalue weighted by molar-refractivity contribution is 6.32. The minimum Gasteiger partial charge on any atom is -0.491 e. The predicted octanol–water partition coefficient (Wildman–Crippen LogP) is 2.48. The highest BCUT2D eigenvalue weighted by atomic mass is 35.5. The van der Waals surface area contributed by atoms with Gasteiger partial charge in [0.2, 0.25) is 11.8 Å². The summed E-state index contributed by atoms with van der Waals surface area (Å²) in [5.74, 6) is 0.204. The van der Waals surface area contributed by atoms with Crippen molar-refractivity contribution >= 4 is 29.5 Å². The standard InChI is InChI=1S/C18H23ClN2O4/c1-3-25-15-10-12(9-14(19)17(15)24-2)6-7-16(22)21-8-4-5-13(11-21)18(20)23/h6-7,9-10,13H,3-5,8,11H2,1-2H3,(H2,20,23). The molecule has 2 rings (SSSR count). The Hall–Kier alpha value is -2.21. The number of carbonyl (C=O) groups is 2. The lowest BCUT2D eigenvalue weighted by Gasteiger charge is -2.30. The maximum Gasteiger partial charge on any atom is 0.246 e. The van der Waals surface area contributed by atoms with Crippen LogP contribution in [0.5, 0.6) is 11.5 Å². The van der Waals surface area contributed by atoms with Gasteiger partial charge in [0.15, 0.2) is 11.5 Å². The first-order valence-electron chi connectivity index (χ1n) is 8.22. The van der Waals surface area contributed by atoms with E-state index in [1.165, 1.54) is 13.2 Å². The van der Waals surface area contributed by atoms with E-state index < -0.39 is 0 Å². The average Bonchev–Trinajstić information content (AvgIpc) is 2.60. The molecule has 1 aromatic carbocycles. The number of benzene rings is 1. The first-order valence-corrected chi connectivity index (χ1v) is 8.60. The number of hydrogen-bond donors (Lipinski definition) is 1. The van der Waals surface area contributed by atoms with E-state index >= 15 is 0 Å². The molecule has 0 aromatic heterocycles. The summed E-state index contributed by atoms with van der Waals surface area (Å²) in [6, 6.07) is 3.47. The number of nitrogens with two attached hydrogens (primary N) is 1. The molecule has 1 heterocycles. The topological polar surface area (TPSA) is 81.9 Å². The molecule has 1 atom stereocenters. The Morgan fingerprint density at radius 3 is 2.84 bits per heavy atom. The third kappa shape index (κ3) is 4.89. The minimum atomic E-state index is -0.357. The Kier molecular flexibility index (Phi) is 6.70. The van der Waals surface area contributed by atoms with E-state index in [1.807, 2.05) is 6.92 Å². The van der Waals surface area contributed by atoms with Gasteiger partial charge in [-0.1, -0.05) is 11.6 Å². The van der Waals surface area contributed by atoms with Gasteiger partial charge in [0, 0.05) is 19.2 Å². The fraction of sp³-hybridized carbons (Fsp3) is 0.444. The second-order valence-electron chi connectivity index (χ2n) is 5.83. The predicted molar refractivity (Wildman–Crippen MR) is 96.7 cm³/mol. The number of methoxy groups -OCH3 is 1. The number of nitrogens with zero attached hydrogens (tertiary/aromatic N) is 1. The summed E-state index contributed by atoms with van der Waals surface area (Å²) in [7, 11) is 1.52. The third-order valence-corrected chi connectivity index (χ3v) is 4.37. The second-order valence-corrected chi connectivity index (χ2v) is 6.23. The highest BCUT2D eigenvalue weighted by Gasteiger charge is 2.25. The molecule has 7 heteroatoms. The first kappa shape index (κ1) is 19.1. The number of likely N-dealkylation sites (tertiary alicyclic amines) is 1. The molecule has 1 aromatic rings. The van der Waals surface area contributed by atoms with E-state index in [4.69, 9.17) is 26.8 Å². The van der Waals surface area contributed by atoms with Crippen LogP contribution >= 0.6 is 11.6 Å². The van der Waals surface area contributed by atoms with Gasteiger partial charge in [0.05, 0.1) is 24.7 Å². The maximum atomic E-state index is 12.4. The Balaban J connectivity index is 2.12. The normalized spacial score (nSPS) is 17.6. The van der Waals surface area contributed by atoms with Crippen LogP contribution in [-0.2, 0) is 9.59 Å². The highest BCUT2D eigenvalue weighted by Crippen LogP contribution is 2.36. The van der Waals surface area contributed by atoms with Gasteiger partial charge in [-0.05, 0) is 43.5 Å². The van der Waals surface area contributed by atoms with Crippen LogP contribution in [0.1, 0.15) is 25.3 Å². The molecule has 1 unspecified atom stereocenters. The quantitative estimate of drug-likeness (QED) is 0.784. The van der Waals surface area contributed by atoms with E-state index in [9.17, 15) is 9.59 Å². The number of amides is 2. The fourth-order valence-corrected chi connectivity index (χ4v) is 3.12. The van der Waals surface area contributed by atoms with Crippen LogP contribution in [-0.4, -0.2) is 43.5 Å². The Labute approximate surface area is 152 Å². The summed E-state index contributed by atoms with van der Waals surface area (Å²) in [6.07, 6.45) is 4.64. The molecule has 136 valence electrons. The molecule has 1 fully saturated rings. The molecule has 0 radical (unpaired) electrons. The van der Waals surface area contributed by atoms with Crippen molar-refractivity contribution < 1.29 is 19.1 Å². The molecule has 0 spiro atoms. The monoisotopic (exact) mass is 366 g/mol. The van der Waals surface area contributed by atoms with Crippen molar-refractivity contribution in [2.75, 3.05) is 26.8 Å². The van der Waals surface area contributed by atoms with Crippen molar-refractivity contribution in [3.05, 3.63) is 28.8 Å².